The topological polar surface area (TPSA) is 128 Å². The molecule has 3 aromatic rings. The van der Waals surface area contributed by atoms with Crippen LogP contribution in [0.4, 0.5) is 0 Å². The van der Waals surface area contributed by atoms with E-state index in [2.05, 4.69) is 15.3 Å². The van der Waals surface area contributed by atoms with E-state index >= 15 is 0 Å². The van der Waals surface area contributed by atoms with Gasteiger partial charge in [-0.3, -0.25) is 14.9 Å². The largest absolute Gasteiger partial charge is 0.364 e. The second kappa shape index (κ2) is 8.91. The molecule has 1 fully saturated rings. The number of pyridine rings is 1. The molecule has 1 saturated heterocycles. The van der Waals surface area contributed by atoms with Crippen LogP contribution in [-0.2, 0) is 6.54 Å². The van der Waals surface area contributed by atoms with Crippen LogP contribution in [0.5, 0.6) is 0 Å². The van der Waals surface area contributed by atoms with Crippen molar-refractivity contribution in [1.82, 2.24) is 20.2 Å². The van der Waals surface area contributed by atoms with E-state index in [1.165, 1.54) is 6.20 Å². The Morgan fingerprint density at radius 3 is 2.88 bits per heavy atom. The number of allylic oxidation sites excluding steroid dienone is 2. The molecule has 1 aliphatic rings. The molecule has 9 nitrogen and oxygen atoms in total. The standard InChI is InChI=1S/C22H17ClN6O3/c23-20-6-5-14(11-27-20)13-28-8-7-25-22(28)19(29(31)32)9-15(10-24)21(30)17-12-26-18-4-2-1-3-16(17)18/h1-6,9,11-12,25-26H,7-8,13H2/b15-9+,22-19-. The van der Waals surface area contributed by atoms with Crippen LogP contribution in [0.2, 0.25) is 5.15 Å². The number of halogens is 1. The third-order valence-corrected chi connectivity index (χ3v) is 5.30. The number of rotatable bonds is 6. The fourth-order valence-corrected chi connectivity index (χ4v) is 3.67. The van der Waals surface area contributed by atoms with E-state index in [1.54, 1.807) is 41.4 Å². The van der Waals surface area contributed by atoms with Crippen LogP contribution < -0.4 is 5.32 Å². The van der Waals surface area contributed by atoms with Crippen molar-refractivity contribution in [2.75, 3.05) is 13.1 Å². The van der Waals surface area contributed by atoms with Gasteiger partial charge in [0.2, 0.25) is 5.78 Å². The Morgan fingerprint density at radius 2 is 2.16 bits per heavy atom. The van der Waals surface area contributed by atoms with E-state index in [4.69, 9.17) is 11.6 Å². The molecule has 2 aromatic heterocycles. The van der Waals surface area contributed by atoms with E-state index in [1.807, 2.05) is 12.1 Å². The molecule has 0 saturated carbocycles. The Labute approximate surface area is 187 Å². The third kappa shape index (κ3) is 4.17. The number of nitrogens with one attached hydrogen (secondary N) is 2. The average Bonchev–Trinajstić information content (AvgIpc) is 3.42. The molecular weight excluding hydrogens is 432 g/mol. The molecule has 1 aliphatic heterocycles. The lowest BCUT2D eigenvalue weighted by atomic mass is 10.0. The first-order valence-electron chi connectivity index (χ1n) is 9.68. The summed E-state index contributed by atoms with van der Waals surface area (Å²) in [6, 6.07) is 12.4. The molecule has 0 unspecified atom stereocenters. The molecule has 0 aliphatic carbocycles. The van der Waals surface area contributed by atoms with E-state index < -0.39 is 10.7 Å². The zero-order valence-electron chi connectivity index (χ0n) is 16.7. The lowest BCUT2D eigenvalue weighted by molar-refractivity contribution is -0.421. The summed E-state index contributed by atoms with van der Waals surface area (Å²) in [7, 11) is 0. The van der Waals surface area contributed by atoms with Gasteiger partial charge in [-0.15, -0.1) is 0 Å². The Bertz CT molecular complexity index is 1300. The van der Waals surface area contributed by atoms with E-state index in [0.717, 1.165) is 17.2 Å². The summed E-state index contributed by atoms with van der Waals surface area (Å²) < 4.78 is 0. The monoisotopic (exact) mass is 448 g/mol. The van der Waals surface area contributed by atoms with E-state index in [0.29, 0.717) is 30.2 Å². The molecule has 2 N–H and O–H groups in total. The minimum Gasteiger partial charge on any atom is -0.364 e. The summed E-state index contributed by atoms with van der Waals surface area (Å²) in [5, 5.41) is 25.5. The molecular formula is C22H17ClN6O3. The molecule has 1 aromatic carbocycles. The highest BCUT2D eigenvalue weighted by Gasteiger charge is 2.28. The number of nitro groups is 1. The van der Waals surface area contributed by atoms with Gasteiger partial charge >= 0.3 is 5.70 Å². The van der Waals surface area contributed by atoms with Gasteiger partial charge in [-0.05, 0) is 17.7 Å². The number of nitriles is 1. The van der Waals surface area contributed by atoms with Crippen LogP contribution in [0.25, 0.3) is 10.9 Å². The predicted molar refractivity (Wildman–Crippen MR) is 118 cm³/mol. The van der Waals surface area contributed by atoms with Crippen molar-refractivity contribution < 1.29 is 9.72 Å². The zero-order valence-corrected chi connectivity index (χ0v) is 17.5. The van der Waals surface area contributed by atoms with Gasteiger partial charge in [0.15, 0.2) is 5.82 Å². The SMILES string of the molecule is N#C/C(=C\C(=C1/NCCN1Cc1ccc(Cl)nc1)[N+](=O)[O-])C(=O)c1c[nH]c2ccccc12. The minimum atomic E-state index is -0.597. The normalized spacial score (nSPS) is 15.4. The second-order valence-electron chi connectivity index (χ2n) is 7.08. The minimum absolute atomic E-state index is 0.240. The first-order chi connectivity index (χ1) is 15.5. The van der Waals surface area contributed by atoms with Gasteiger partial charge in [0.1, 0.15) is 16.8 Å². The molecule has 160 valence electrons. The number of carbonyl (C=O) groups excluding carboxylic acids is 1. The zero-order chi connectivity index (χ0) is 22.7. The fraction of sp³-hybridized carbons (Fsp3) is 0.136. The summed E-state index contributed by atoms with van der Waals surface area (Å²) in [6.07, 6.45) is 4.14. The molecule has 3 heterocycles. The number of aromatic nitrogens is 2. The summed E-state index contributed by atoms with van der Waals surface area (Å²) in [6.45, 7) is 1.36. The first-order valence-corrected chi connectivity index (χ1v) is 10.1. The molecule has 0 radical (unpaired) electrons. The number of hydrogen-bond donors (Lipinski definition) is 2. The maximum absolute atomic E-state index is 13.0. The quantitative estimate of drug-likeness (QED) is 0.148. The number of aromatic amines is 1. The van der Waals surface area contributed by atoms with Gasteiger partial charge in [-0.1, -0.05) is 35.9 Å². The summed E-state index contributed by atoms with van der Waals surface area (Å²) in [5.74, 6) is -0.347. The molecule has 0 amide bonds. The highest BCUT2D eigenvalue weighted by molar-refractivity contribution is 6.29. The van der Waals surface area contributed by atoms with Crippen molar-refractivity contribution in [2.45, 2.75) is 6.54 Å². The number of benzene rings is 1. The number of H-pyrrole nitrogens is 1. The van der Waals surface area contributed by atoms with Crippen molar-refractivity contribution in [1.29, 1.82) is 5.26 Å². The average molecular weight is 449 g/mol. The summed E-state index contributed by atoms with van der Waals surface area (Å²) in [5.41, 5.74) is 1.16. The van der Waals surface area contributed by atoms with Crippen LogP contribution in [0.1, 0.15) is 15.9 Å². The number of para-hydroxylation sites is 1. The smallest absolute Gasteiger partial charge is 0.310 e. The lowest BCUT2D eigenvalue weighted by Gasteiger charge is -2.18. The lowest BCUT2D eigenvalue weighted by Crippen LogP contribution is -2.23. The third-order valence-electron chi connectivity index (χ3n) is 5.07. The Hall–Kier alpha value is -4.16. The number of fused-ring (bicyclic) bond motifs is 1. The predicted octanol–water partition coefficient (Wildman–Crippen LogP) is 3.40. The number of carbonyl (C=O) groups is 1. The molecule has 32 heavy (non-hydrogen) atoms. The number of nitrogens with zero attached hydrogens (tertiary/aromatic N) is 4. The van der Waals surface area contributed by atoms with Crippen molar-refractivity contribution in [3.8, 4) is 6.07 Å². The van der Waals surface area contributed by atoms with Crippen LogP contribution in [0, 0.1) is 21.4 Å². The molecule has 4 rings (SSSR count). The molecule has 0 atom stereocenters. The van der Waals surface area contributed by atoms with Crippen molar-refractivity contribution in [2.24, 2.45) is 0 Å². The van der Waals surface area contributed by atoms with E-state index in [9.17, 15) is 20.2 Å². The van der Waals surface area contributed by atoms with Gasteiger partial charge < -0.3 is 15.2 Å². The second-order valence-corrected chi connectivity index (χ2v) is 7.46. The van der Waals surface area contributed by atoms with Gasteiger partial charge in [0.05, 0.1) is 4.92 Å². The van der Waals surface area contributed by atoms with Gasteiger partial charge in [-0.25, -0.2) is 4.98 Å². The van der Waals surface area contributed by atoms with Crippen LogP contribution in [0.3, 0.4) is 0 Å². The summed E-state index contributed by atoms with van der Waals surface area (Å²) >= 11 is 5.82. The van der Waals surface area contributed by atoms with E-state index in [-0.39, 0.29) is 22.7 Å². The van der Waals surface area contributed by atoms with Gasteiger partial charge in [0, 0.05) is 54.6 Å². The Kier molecular flexibility index (Phi) is 5.87. The Morgan fingerprint density at radius 1 is 1.34 bits per heavy atom. The summed E-state index contributed by atoms with van der Waals surface area (Å²) in [4.78, 5) is 33.1. The highest BCUT2D eigenvalue weighted by atomic mass is 35.5. The van der Waals surface area contributed by atoms with Crippen LogP contribution in [-0.4, -0.2) is 38.7 Å². The van der Waals surface area contributed by atoms with Gasteiger partial charge in [0.25, 0.3) is 0 Å². The highest BCUT2D eigenvalue weighted by Crippen LogP contribution is 2.23. The maximum atomic E-state index is 13.0. The first kappa shape index (κ1) is 21.1. The molecule has 10 heteroatoms. The van der Waals surface area contributed by atoms with Gasteiger partial charge in [-0.2, -0.15) is 5.26 Å². The van der Waals surface area contributed by atoms with Crippen LogP contribution >= 0.6 is 11.6 Å². The number of Topliss-reactive ketones (excluding diaryl/α,β-unsaturated/α-hetero) is 1. The number of ketones is 1. The van der Waals surface area contributed by atoms with Crippen LogP contribution in [0.15, 0.2) is 72.0 Å². The maximum Gasteiger partial charge on any atom is 0.310 e. The van der Waals surface area contributed by atoms with Crippen molar-refractivity contribution >= 4 is 28.3 Å². The Balaban J connectivity index is 1.70. The fourth-order valence-electron chi connectivity index (χ4n) is 3.56. The van der Waals surface area contributed by atoms with Crippen molar-refractivity contribution in [3.05, 3.63) is 98.4 Å². The van der Waals surface area contributed by atoms with Crippen molar-refractivity contribution in [3.63, 3.8) is 0 Å². The molecule has 0 bridgehead atoms. The number of hydrogen-bond acceptors (Lipinski definition) is 7. The molecule has 0 spiro atoms.